The molecule has 2 aromatic carbocycles. The number of aryl methyl sites for hydroxylation is 1. The standard InChI is InChI=1S/C22H26N4O.HI/c1-3-24-22(25-15-19-9-6-8-18(13-19)14-23)26-11-12-27-21(16-26)20-10-5-4-7-17(20)2;/h4-10,13,21H,3,11-12,15-16H2,1-2H3,(H,24,25);1H. The van der Waals surface area contributed by atoms with Crippen LogP contribution in [-0.4, -0.2) is 37.1 Å². The third-order valence-electron chi connectivity index (χ3n) is 4.70. The maximum atomic E-state index is 9.07. The van der Waals surface area contributed by atoms with E-state index in [1.54, 1.807) is 0 Å². The fourth-order valence-corrected chi connectivity index (χ4v) is 3.31. The minimum Gasteiger partial charge on any atom is -0.370 e. The van der Waals surface area contributed by atoms with Gasteiger partial charge < -0.3 is 15.0 Å². The first-order valence-corrected chi connectivity index (χ1v) is 9.40. The molecule has 1 saturated heterocycles. The van der Waals surface area contributed by atoms with E-state index in [4.69, 9.17) is 15.0 Å². The Hall–Kier alpha value is -2.11. The van der Waals surface area contributed by atoms with Crippen LogP contribution in [0.4, 0.5) is 0 Å². The van der Waals surface area contributed by atoms with Gasteiger partial charge in [-0.15, -0.1) is 24.0 Å². The molecule has 5 nitrogen and oxygen atoms in total. The molecular formula is C22H27IN4O. The summed E-state index contributed by atoms with van der Waals surface area (Å²) >= 11 is 0. The summed E-state index contributed by atoms with van der Waals surface area (Å²) in [7, 11) is 0. The molecule has 3 rings (SSSR count). The first-order valence-electron chi connectivity index (χ1n) is 9.40. The Balaban J connectivity index is 0.00000280. The highest BCUT2D eigenvalue weighted by Crippen LogP contribution is 2.25. The normalized spacial score (nSPS) is 16.8. The highest BCUT2D eigenvalue weighted by molar-refractivity contribution is 14.0. The van der Waals surface area contributed by atoms with Gasteiger partial charge in [-0.25, -0.2) is 4.99 Å². The highest BCUT2D eigenvalue weighted by Gasteiger charge is 2.25. The van der Waals surface area contributed by atoms with Gasteiger partial charge in [0, 0.05) is 13.1 Å². The van der Waals surface area contributed by atoms with E-state index in [0.29, 0.717) is 18.7 Å². The highest BCUT2D eigenvalue weighted by atomic mass is 127. The molecule has 6 heteroatoms. The van der Waals surface area contributed by atoms with Crippen LogP contribution < -0.4 is 5.32 Å². The number of nitrogens with one attached hydrogen (secondary N) is 1. The van der Waals surface area contributed by atoms with Crippen molar-refractivity contribution >= 4 is 29.9 Å². The third kappa shape index (κ3) is 5.69. The van der Waals surface area contributed by atoms with Crippen molar-refractivity contribution in [2.24, 2.45) is 4.99 Å². The van der Waals surface area contributed by atoms with Gasteiger partial charge >= 0.3 is 0 Å². The number of benzene rings is 2. The number of aliphatic imine (C=N–C) groups is 1. The Bertz CT molecular complexity index is 846. The van der Waals surface area contributed by atoms with Crippen molar-refractivity contribution in [1.82, 2.24) is 10.2 Å². The van der Waals surface area contributed by atoms with Gasteiger partial charge in [-0.05, 0) is 42.7 Å². The smallest absolute Gasteiger partial charge is 0.194 e. The van der Waals surface area contributed by atoms with Crippen LogP contribution in [0.3, 0.4) is 0 Å². The minimum atomic E-state index is 0. The van der Waals surface area contributed by atoms with Crippen molar-refractivity contribution in [2.45, 2.75) is 26.5 Å². The quantitative estimate of drug-likeness (QED) is 0.400. The zero-order chi connectivity index (χ0) is 19.1. The molecule has 1 heterocycles. The van der Waals surface area contributed by atoms with Crippen LogP contribution in [-0.2, 0) is 11.3 Å². The van der Waals surface area contributed by atoms with E-state index in [1.165, 1.54) is 11.1 Å². The molecule has 1 N–H and O–H groups in total. The van der Waals surface area contributed by atoms with E-state index in [1.807, 2.05) is 24.3 Å². The van der Waals surface area contributed by atoms with Crippen LogP contribution in [0.1, 0.15) is 35.3 Å². The molecule has 1 unspecified atom stereocenters. The molecule has 148 valence electrons. The number of ether oxygens (including phenoxy) is 1. The van der Waals surface area contributed by atoms with E-state index in [0.717, 1.165) is 31.2 Å². The lowest BCUT2D eigenvalue weighted by Gasteiger charge is -2.35. The summed E-state index contributed by atoms with van der Waals surface area (Å²) in [5.41, 5.74) is 4.19. The molecule has 0 amide bonds. The topological polar surface area (TPSA) is 60.7 Å². The van der Waals surface area contributed by atoms with Crippen molar-refractivity contribution < 1.29 is 4.74 Å². The molecule has 0 aliphatic carbocycles. The maximum Gasteiger partial charge on any atom is 0.194 e. The Morgan fingerprint density at radius 2 is 2.11 bits per heavy atom. The lowest BCUT2D eigenvalue weighted by molar-refractivity contribution is -0.00834. The second kappa shape index (κ2) is 11.0. The summed E-state index contributed by atoms with van der Waals surface area (Å²) in [5.74, 6) is 0.891. The summed E-state index contributed by atoms with van der Waals surface area (Å²) < 4.78 is 6.04. The first kappa shape index (κ1) is 22.2. The van der Waals surface area contributed by atoms with Crippen molar-refractivity contribution in [3.05, 3.63) is 70.8 Å². The SMILES string of the molecule is CCNC(=NCc1cccc(C#N)c1)N1CCOC(c2ccccc2C)C1.I. The van der Waals surface area contributed by atoms with Gasteiger partial charge in [0.05, 0.1) is 31.3 Å². The average molecular weight is 490 g/mol. The number of hydrogen-bond donors (Lipinski definition) is 1. The molecule has 0 saturated carbocycles. The lowest BCUT2D eigenvalue weighted by atomic mass is 10.0. The third-order valence-corrected chi connectivity index (χ3v) is 4.70. The predicted octanol–water partition coefficient (Wildman–Crippen LogP) is 4.02. The van der Waals surface area contributed by atoms with Crippen LogP contribution in [0.15, 0.2) is 53.5 Å². The largest absolute Gasteiger partial charge is 0.370 e. The second-order valence-electron chi connectivity index (χ2n) is 6.64. The first-order chi connectivity index (χ1) is 13.2. The zero-order valence-electron chi connectivity index (χ0n) is 16.4. The van der Waals surface area contributed by atoms with Crippen molar-refractivity contribution in [1.29, 1.82) is 5.26 Å². The Morgan fingerprint density at radius 1 is 1.29 bits per heavy atom. The fourth-order valence-electron chi connectivity index (χ4n) is 3.31. The van der Waals surface area contributed by atoms with E-state index in [-0.39, 0.29) is 30.1 Å². The van der Waals surface area contributed by atoms with Crippen LogP contribution in [0.25, 0.3) is 0 Å². The van der Waals surface area contributed by atoms with Gasteiger partial charge in [-0.2, -0.15) is 5.26 Å². The van der Waals surface area contributed by atoms with Gasteiger partial charge in [0.1, 0.15) is 6.10 Å². The van der Waals surface area contributed by atoms with Crippen LogP contribution in [0, 0.1) is 18.3 Å². The molecule has 0 radical (unpaired) electrons. The Labute approximate surface area is 184 Å². The fraction of sp³-hybridized carbons (Fsp3) is 0.364. The average Bonchev–Trinajstić information content (AvgIpc) is 2.71. The van der Waals surface area contributed by atoms with Gasteiger partial charge in [-0.1, -0.05) is 36.4 Å². The molecular weight excluding hydrogens is 463 g/mol. The second-order valence-corrected chi connectivity index (χ2v) is 6.64. The number of nitrogens with zero attached hydrogens (tertiary/aromatic N) is 3. The van der Waals surface area contributed by atoms with E-state index in [2.05, 4.69) is 54.4 Å². The molecule has 1 aliphatic heterocycles. The summed E-state index contributed by atoms with van der Waals surface area (Å²) in [6.45, 7) is 7.81. The summed E-state index contributed by atoms with van der Waals surface area (Å²) in [4.78, 5) is 7.06. The van der Waals surface area contributed by atoms with Gasteiger partial charge in [-0.3, -0.25) is 0 Å². The molecule has 1 atom stereocenters. The zero-order valence-corrected chi connectivity index (χ0v) is 18.7. The monoisotopic (exact) mass is 490 g/mol. The van der Waals surface area contributed by atoms with E-state index >= 15 is 0 Å². The van der Waals surface area contributed by atoms with Crippen LogP contribution in [0.5, 0.6) is 0 Å². The van der Waals surface area contributed by atoms with E-state index in [9.17, 15) is 0 Å². The number of nitriles is 1. The van der Waals surface area contributed by atoms with Crippen molar-refractivity contribution in [2.75, 3.05) is 26.2 Å². The molecule has 28 heavy (non-hydrogen) atoms. The Kier molecular flexibility index (Phi) is 8.74. The molecule has 2 aromatic rings. The molecule has 1 fully saturated rings. The molecule has 0 bridgehead atoms. The van der Waals surface area contributed by atoms with Gasteiger partial charge in [0.25, 0.3) is 0 Å². The molecule has 0 spiro atoms. The summed E-state index contributed by atoms with van der Waals surface area (Å²) in [6, 6.07) is 18.2. The maximum absolute atomic E-state index is 9.07. The number of morpholine rings is 1. The molecule has 0 aromatic heterocycles. The van der Waals surface area contributed by atoms with Crippen LogP contribution >= 0.6 is 24.0 Å². The van der Waals surface area contributed by atoms with Gasteiger partial charge in [0.2, 0.25) is 0 Å². The van der Waals surface area contributed by atoms with Crippen molar-refractivity contribution in [3.8, 4) is 6.07 Å². The number of rotatable bonds is 4. The van der Waals surface area contributed by atoms with Crippen LogP contribution in [0.2, 0.25) is 0 Å². The lowest BCUT2D eigenvalue weighted by Crippen LogP contribution is -2.48. The predicted molar refractivity (Wildman–Crippen MR) is 123 cm³/mol. The van der Waals surface area contributed by atoms with Gasteiger partial charge in [0.15, 0.2) is 5.96 Å². The summed E-state index contributed by atoms with van der Waals surface area (Å²) in [5, 5.41) is 12.5. The number of hydrogen-bond acceptors (Lipinski definition) is 3. The van der Waals surface area contributed by atoms with E-state index < -0.39 is 0 Å². The Morgan fingerprint density at radius 3 is 2.86 bits per heavy atom. The number of guanidine groups is 1. The summed E-state index contributed by atoms with van der Waals surface area (Å²) in [6.07, 6.45) is 0.0470. The van der Waals surface area contributed by atoms with Crippen molar-refractivity contribution in [3.63, 3.8) is 0 Å². The molecule has 1 aliphatic rings. The number of halogens is 1. The minimum absolute atomic E-state index is 0.